The van der Waals surface area contributed by atoms with Crippen molar-refractivity contribution in [3.63, 3.8) is 0 Å². The highest BCUT2D eigenvalue weighted by Gasteiger charge is 2.56. The molecule has 0 aromatic carbocycles. The first-order valence-corrected chi connectivity index (χ1v) is 3.73. The maximum atomic E-state index is 11.1. The molecule has 0 bridgehead atoms. The van der Waals surface area contributed by atoms with Crippen molar-refractivity contribution in [2.45, 2.75) is 18.9 Å². The Balaban J connectivity index is 2.49. The van der Waals surface area contributed by atoms with E-state index in [2.05, 4.69) is 6.58 Å². The van der Waals surface area contributed by atoms with Gasteiger partial charge < -0.3 is 10.5 Å². The van der Waals surface area contributed by atoms with Crippen LogP contribution in [0.5, 0.6) is 0 Å². The van der Waals surface area contributed by atoms with Crippen LogP contribution < -0.4 is 5.73 Å². The van der Waals surface area contributed by atoms with Crippen LogP contribution in [-0.4, -0.2) is 18.1 Å². The summed E-state index contributed by atoms with van der Waals surface area (Å²) in [5, 5.41) is 0. The number of carbonyl (C=O) groups excluding carboxylic acids is 1. The van der Waals surface area contributed by atoms with Gasteiger partial charge in [-0.2, -0.15) is 0 Å². The monoisotopic (exact) mass is 155 g/mol. The first-order valence-electron chi connectivity index (χ1n) is 3.73. The molecule has 2 atom stereocenters. The maximum Gasteiger partial charge on any atom is 0.326 e. The topological polar surface area (TPSA) is 52.3 Å². The standard InChI is InChI=1S/C8H13NO2/c1-3-6-5-8(6,9)7(10)11-4-2/h3,6H,1,4-5,9H2,2H3/t6?,8-/m0/s1. The molecule has 0 saturated heterocycles. The lowest BCUT2D eigenvalue weighted by Crippen LogP contribution is -2.36. The highest BCUT2D eigenvalue weighted by molar-refractivity contribution is 5.85. The van der Waals surface area contributed by atoms with E-state index in [0.29, 0.717) is 13.0 Å². The van der Waals surface area contributed by atoms with Gasteiger partial charge in [0.15, 0.2) is 0 Å². The fourth-order valence-corrected chi connectivity index (χ4v) is 1.10. The molecular formula is C8H13NO2. The van der Waals surface area contributed by atoms with Crippen LogP contribution in [0.4, 0.5) is 0 Å². The molecule has 3 nitrogen and oxygen atoms in total. The number of nitrogens with two attached hydrogens (primary N) is 1. The van der Waals surface area contributed by atoms with Gasteiger partial charge in [0.1, 0.15) is 5.54 Å². The van der Waals surface area contributed by atoms with Crippen LogP contribution in [0.1, 0.15) is 13.3 Å². The molecule has 2 N–H and O–H groups in total. The number of rotatable bonds is 3. The summed E-state index contributed by atoms with van der Waals surface area (Å²) in [5.41, 5.74) is 4.93. The quantitative estimate of drug-likeness (QED) is 0.475. The van der Waals surface area contributed by atoms with Crippen LogP contribution in [0, 0.1) is 5.92 Å². The van der Waals surface area contributed by atoms with Gasteiger partial charge in [0.05, 0.1) is 6.61 Å². The Morgan fingerprint density at radius 3 is 3.00 bits per heavy atom. The highest BCUT2D eigenvalue weighted by atomic mass is 16.5. The molecule has 0 aromatic rings. The average Bonchev–Trinajstić information content (AvgIpc) is 2.64. The summed E-state index contributed by atoms with van der Waals surface area (Å²) in [6.07, 6.45) is 2.38. The van der Waals surface area contributed by atoms with E-state index < -0.39 is 5.54 Å². The molecule has 62 valence electrons. The van der Waals surface area contributed by atoms with Crippen LogP contribution >= 0.6 is 0 Å². The summed E-state index contributed by atoms with van der Waals surface area (Å²) >= 11 is 0. The van der Waals surface area contributed by atoms with Crippen LogP contribution in [0.3, 0.4) is 0 Å². The number of hydrogen-bond acceptors (Lipinski definition) is 3. The van der Waals surface area contributed by atoms with E-state index in [9.17, 15) is 4.79 Å². The maximum absolute atomic E-state index is 11.1. The summed E-state index contributed by atoms with van der Waals surface area (Å²) in [6.45, 7) is 5.73. The second kappa shape index (κ2) is 2.66. The first kappa shape index (κ1) is 8.27. The van der Waals surface area contributed by atoms with E-state index in [1.165, 1.54) is 0 Å². The molecule has 1 fully saturated rings. The second-order valence-corrected chi connectivity index (χ2v) is 2.81. The molecule has 3 heteroatoms. The van der Waals surface area contributed by atoms with Crippen LogP contribution in [0.15, 0.2) is 12.7 Å². The zero-order chi connectivity index (χ0) is 8.48. The lowest BCUT2D eigenvalue weighted by atomic mass is 10.2. The third-order valence-corrected chi connectivity index (χ3v) is 2.00. The van der Waals surface area contributed by atoms with Crippen molar-refractivity contribution in [1.29, 1.82) is 0 Å². The SMILES string of the molecule is C=CC1C[C@@]1(N)C(=O)OCC. The zero-order valence-electron chi connectivity index (χ0n) is 6.67. The molecule has 0 aliphatic heterocycles. The van der Waals surface area contributed by atoms with Gasteiger partial charge in [-0.15, -0.1) is 6.58 Å². The van der Waals surface area contributed by atoms with Crippen LogP contribution in [-0.2, 0) is 9.53 Å². The average molecular weight is 155 g/mol. The molecule has 0 spiro atoms. The molecule has 1 unspecified atom stereocenters. The fraction of sp³-hybridized carbons (Fsp3) is 0.625. The van der Waals surface area contributed by atoms with Gasteiger partial charge in [0.25, 0.3) is 0 Å². The van der Waals surface area contributed by atoms with Crippen molar-refractivity contribution in [2.24, 2.45) is 11.7 Å². The minimum absolute atomic E-state index is 0.113. The van der Waals surface area contributed by atoms with Gasteiger partial charge in [-0.1, -0.05) is 6.08 Å². The third-order valence-electron chi connectivity index (χ3n) is 2.00. The van der Waals surface area contributed by atoms with E-state index in [1.54, 1.807) is 13.0 Å². The lowest BCUT2D eigenvalue weighted by molar-refractivity contribution is -0.146. The van der Waals surface area contributed by atoms with E-state index in [-0.39, 0.29) is 11.9 Å². The normalized spacial score (nSPS) is 34.5. The summed E-state index contributed by atoms with van der Waals surface area (Å²) in [6, 6.07) is 0. The van der Waals surface area contributed by atoms with Crippen molar-refractivity contribution >= 4 is 5.97 Å². The zero-order valence-corrected chi connectivity index (χ0v) is 6.67. The largest absolute Gasteiger partial charge is 0.465 e. The molecular weight excluding hydrogens is 142 g/mol. The van der Waals surface area contributed by atoms with Gasteiger partial charge >= 0.3 is 5.97 Å². The van der Waals surface area contributed by atoms with E-state index in [0.717, 1.165) is 0 Å². The Labute approximate surface area is 66.2 Å². The Kier molecular flexibility index (Phi) is 2.00. The first-order chi connectivity index (χ1) is 5.15. The van der Waals surface area contributed by atoms with Crippen molar-refractivity contribution in [3.8, 4) is 0 Å². The Hall–Kier alpha value is -0.830. The number of carbonyl (C=O) groups is 1. The van der Waals surface area contributed by atoms with Crippen molar-refractivity contribution in [1.82, 2.24) is 0 Å². The number of ether oxygens (including phenoxy) is 1. The number of hydrogen-bond donors (Lipinski definition) is 1. The Morgan fingerprint density at radius 2 is 2.64 bits per heavy atom. The predicted molar refractivity (Wildman–Crippen MR) is 41.9 cm³/mol. The van der Waals surface area contributed by atoms with Gasteiger partial charge in [-0.05, 0) is 13.3 Å². The molecule has 11 heavy (non-hydrogen) atoms. The van der Waals surface area contributed by atoms with Gasteiger partial charge in [-0.3, -0.25) is 4.79 Å². The summed E-state index contributed by atoms with van der Waals surface area (Å²) in [7, 11) is 0. The van der Waals surface area contributed by atoms with E-state index in [1.807, 2.05) is 0 Å². The molecule has 1 saturated carbocycles. The molecule has 0 aromatic heterocycles. The summed E-state index contributed by atoms with van der Waals surface area (Å²) in [4.78, 5) is 11.1. The Morgan fingerprint density at radius 1 is 2.00 bits per heavy atom. The van der Waals surface area contributed by atoms with Gasteiger partial charge in [0, 0.05) is 5.92 Å². The van der Waals surface area contributed by atoms with Crippen LogP contribution in [0.2, 0.25) is 0 Å². The van der Waals surface area contributed by atoms with Gasteiger partial charge in [-0.25, -0.2) is 0 Å². The Bertz CT molecular complexity index is 191. The summed E-state index contributed by atoms with van der Waals surface area (Å²) < 4.78 is 4.79. The second-order valence-electron chi connectivity index (χ2n) is 2.81. The summed E-state index contributed by atoms with van der Waals surface area (Å²) in [5.74, 6) is -0.188. The molecule has 1 rings (SSSR count). The minimum atomic E-state index is -0.752. The number of esters is 1. The third kappa shape index (κ3) is 1.28. The molecule has 0 heterocycles. The molecule has 0 amide bonds. The molecule has 1 aliphatic rings. The van der Waals surface area contributed by atoms with Crippen molar-refractivity contribution in [2.75, 3.05) is 6.61 Å². The molecule has 0 radical (unpaired) electrons. The smallest absolute Gasteiger partial charge is 0.326 e. The fourth-order valence-electron chi connectivity index (χ4n) is 1.10. The highest BCUT2D eigenvalue weighted by Crippen LogP contribution is 2.42. The van der Waals surface area contributed by atoms with E-state index >= 15 is 0 Å². The van der Waals surface area contributed by atoms with Crippen molar-refractivity contribution in [3.05, 3.63) is 12.7 Å². The minimum Gasteiger partial charge on any atom is -0.465 e. The lowest BCUT2D eigenvalue weighted by Gasteiger charge is -2.07. The molecule has 1 aliphatic carbocycles. The van der Waals surface area contributed by atoms with Crippen LogP contribution in [0.25, 0.3) is 0 Å². The predicted octanol–water partition coefficient (Wildman–Crippen LogP) is 0.453. The van der Waals surface area contributed by atoms with E-state index in [4.69, 9.17) is 10.5 Å². The van der Waals surface area contributed by atoms with Crippen molar-refractivity contribution < 1.29 is 9.53 Å². The van der Waals surface area contributed by atoms with Gasteiger partial charge in [0.2, 0.25) is 0 Å².